The molecule has 2 heterocycles. The molecule has 1 aromatic carbocycles. The number of ether oxygens (including phenoxy) is 1. The van der Waals surface area contributed by atoms with E-state index in [9.17, 15) is 4.79 Å². The van der Waals surface area contributed by atoms with Gasteiger partial charge >= 0.3 is 0 Å². The van der Waals surface area contributed by atoms with Crippen LogP contribution in [0.4, 0.5) is 0 Å². The molecule has 0 aliphatic carbocycles. The van der Waals surface area contributed by atoms with Gasteiger partial charge in [-0.25, -0.2) is 0 Å². The zero-order valence-electron chi connectivity index (χ0n) is 17.3. The van der Waals surface area contributed by atoms with Gasteiger partial charge in [0.15, 0.2) is 0 Å². The summed E-state index contributed by atoms with van der Waals surface area (Å²) in [6.45, 7) is 5.94. The molecule has 29 heavy (non-hydrogen) atoms. The molecule has 0 spiro atoms. The van der Waals surface area contributed by atoms with Crippen LogP contribution < -0.4 is 5.32 Å². The monoisotopic (exact) mass is 403 g/mol. The molecule has 1 amide bonds. The van der Waals surface area contributed by atoms with Gasteiger partial charge in [-0.2, -0.15) is 5.10 Å². The maximum absolute atomic E-state index is 12.1. The molecule has 3 rings (SSSR count). The van der Waals surface area contributed by atoms with Crippen LogP contribution in [0.1, 0.15) is 41.7 Å². The van der Waals surface area contributed by atoms with Gasteiger partial charge in [0.1, 0.15) is 11.3 Å². The van der Waals surface area contributed by atoms with Crippen molar-refractivity contribution >= 4 is 16.9 Å². The molecule has 0 radical (unpaired) electrons. The lowest BCUT2D eigenvalue weighted by molar-refractivity contribution is 0.0879. The predicted octanol–water partition coefficient (Wildman–Crippen LogP) is 2.43. The van der Waals surface area contributed by atoms with Gasteiger partial charge in [-0.3, -0.25) is 9.48 Å². The fourth-order valence-electron chi connectivity index (χ4n) is 2.93. The summed E-state index contributed by atoms with van der Waals surface area (Å²) in [5.41, 5.74) is 2.21. The first kappa shape index (κ1) is 22.6. The topological polar surface area (TPSA) is 110 Å². The first-order valence-electron chi connectivity index (χ1n) is 9.44. The lowest BCUT2D eigenvalue weighted by Gasteiger charge is -2.12. The van der Waals surface area contributed by atoms with E-state index in [1.807, 2.05) is 22.9 Å². The lowest BCUT2D eigenvalue weighted by Crippen LogP contribution is -2.40. The summed E-state index contributed by atoms with van der Waals surface area (Å²) in [6, 6.07) is 8.97. The number of benzene rings is 1. The molecule has 0 unspecified atom stereocenters. The summed E-state index contributed by atoms with van der Waals surface area (Å²) in [5.74, 6) is 0.161. The Morgan fingerprint density at radius 2 is 1.93 bits per heavy atom. The van der Waals surface area contributed by atoms with Gasteiger partial charge < -0.3 is 24.7 Å². The third kappa shape index (κ3) is 5.66. The van der Waals surface area contributed by atoms with Crippen LogP contribution in [-0.4, -0.2) is 52.3 Å². The van der Waals surface area contributed by atoms with Gasteiger partial charge in [-0.15, -0.1) is 0 Å². The molecule has 2 aromatic heterocycles. The Kier molecular flexibility index (Phi) is 8.38. The number of nitrogens with zero attached hydrogens (tertiary/aromatic N) is 2. The van der Waals surface area contributed by atoms with Crippen LogP contribution >= 0.6 is 0 Å². The zero-order chi connectivity index (χ0) is 21.4. The van der Waals surface area contributed by atoms with Crippen molar-refractivity contribution in [2.24, 2.45) is 0 Å². The maximum Gasteiger partial charge on any atom is 0.255 e. The van der Waals surface area contributed by atoms with Gasteiger partial charge in [-0.05, 0) is 32.9 Å². The van der Waals surface area contributed by atoms with Crippen LogP contribution in [0.3, 0.4) is 0 Å². The molecule has 0 bridgehead atoms. The number of para-hydroxylation sites is 1. The molecule has 3 N–H and O–H groups in total. The zero-order valence-corrected chi connectivity index (χ0v) is 17.3. The molecule has 8 nitrogen and oxygen atoms in total. The summed E-state index contributed by atoms with van der Waals surface area (Å²) >= 11 is 0. The summed E-state index contributed by atoms with van der Waals surface area (Å²) in [5, 5.41) is 25.4. The van der Waals surface area contributed by atoms with Crippen molar-refractivity contribution in [1.29, 1.82) is 0 Å². The van der Waals surface area contributed by atoms with E-state index >= 15 is 0 Å². The first-order chi connectivity index (χ1) is 13.9. The number of fused-ring (bicyclic) bond motifs is 1. The van der Waals surface area contributed by atoms with Crippen molar-refractivity contribution in [2.75, 3.05) is 20.3 Å². The number of aryl methyl sites for hydroxylation is 1. The number of carbonyl (C=O) groups excluding carboxylic acids is 1. The van der Waals surface area contributed by atoms with E-state index in [1.54, 1.807) is 32.4 Å². The molecule has 8 heteroatoms. The Morgan fingerprint density at radius 3 is 2.55 bits per heavy atom. The number of carbonyl (C=O) groups is 1. The fraction of sp³-hybridized carbons (Fsp3) is 0.429. The number of aromatic nitrogens is 2. The van der Waals surface area contributed by atoms with Crippen molar-refractivity contribution in [3.8, 4) is 0 Å². The number of amides is 1. The first-order valence-corrected chi connectivity index (χ1v) is 9.44. The van der Waals surface area contributed by atoms with E-state index < -0.39 is 6.04 Å². The minimum Gasteiger partial charge on any atom is -0.461 e. The number of nitrogens with one attached hydrogen (secondary N) is 1. The molecule has 0 aliphatic heterocycles. The third-order valence-corrected chi connectivity index (χ3v) is 4.31. The number of hydrogen-bond donors (Lipinski definition) is 3. The minimum atomic E-state index is -0.662. The van der Waals surface area contributed by atoms with Crippen molar-refractivity contribution in [3.63, 3.8) is 0 Å². The SMILES string of the molecule is COCc1ccnn1C(C)C.Cc1oc2ccccc2c1C(=O)NC(CO)CO. The Balaban J connectivity index is 0.000000234. The van der Waals surface area contributed by atoms with Crippen LogP contribution in [-0.2, 0) is 11.3 Å². The van der Waals surface area contributed by atoms with Gasteiger partial charge in [-0.1, -0.05) is 18.2 Å². The Bertz CT molecular complexity index is 912. The molecule has 0 fully saturated rings. The molecule has 0 saturated heterocycles. The van der Waals surface area contributed by atoms with Crippen molar-refractivity contribution < 1.29 is 24.2 Å². The third-order valence-electron chi connectivity index (χ3n) is 4.31. The van der Waals surface area contributed by atoms with Gasteiger partial charge in [0.25, 0.3) is 5.91 Å². The fourth-order valence-corrected chi connectivity index (χ4v) is 2.93. The average molecular weight is 403 g/mol. The second-order valence-electron chi connectivity index (χ2n) is 6.86. The number of rotatable bonds is 7. The van der Waals surface area contributed by atoms with E-state index in [4.69, 9.17) is 19.4 Å². The quantitative estimate of drug-likeness (QED) is 0.559. The smallest absolute Gasteiger partial charge is 0.255 e. The second-order valence-corrected chi connectivity index (χ2v) is 6.86. The highest BCUT2D eigenvalue weighted by atomic mass is 16.5. The number of aliphatic hydroxyl groups is 2. The Hall–Kier alpha value is -2.68. The van der Waals surface area contributed by atoms with Crippen molar-refractivity contribution in [3.05, 3.63) is 53.5 Å². The number of furan rings is 1. The summed E-state index contributed by atoms with van der Waals surface area (Å²) in [7, 11) is 1.69. The van der Waals surface area contributed by atoms with Crippen LogP contribution in [0.5, 0.6) is 0 Å². The predicted molar refractivity (Wildman–Crippen MR) is 110 cm³/mol. The Labute approximate surface area is 170 Å². The standard InChI is InChI=1S/C13H15NO4.C8H14N2O/c1-8-12(13(17)14-9(6-15)7-16)10-4-2-3-5-11(10)18-8;1-7(2)10-8(6-11-3)4-5-9-10/h2-5,9,15-16H,6-7H2,1H3,(H,14,17);4-5,7H,6H2,1-3H3. The number of hydrogen-bond acceptors (Lipinski definition) is 6. The molecule has 0 saturated carbocycles. The summed E-state index contributed by atoms with van der Waals surface area (Å²) in [4.78, 5) is 12.1. The van der Waals surface area contributed by atoms with E-state index in [1.165, 1.54) is 0 Å². The number of methoxy groups -OCH3 is 1. The van der Waals surface area contributed by atoms with Crippen LogP contribution in [0.15, 0.2) is 40.9 Å². The normalized spacial score (nSPS) is 11.0. The highest BCUT2D eigenvalue weighted by Gasteiger charge is 2.20. The second kappa shape index (κ2) is 10.8. The highest BCUT2D eigenvalue weighted by Crippen LogP contribution is 2.25. The van der Waals surface area contributed by atoms with Crippen LogP contribution in [0, 0.1) is 6.92 Å². The molecule has 0 atom stereocenters. The average Bonchev–Trinajstić information content (AvgIpc) is 3.30. The van der Waals surface area contributed by atoms with Gasteiger partial charge in [0.2, 0.25) is 0 Å². The Morgan fingerprint density at radius 1 is 1.24 bits per heavy atom. The van der Waals surface area contributed by atoms with E-state index in [-0.39, 0.29) is 19.1 Å². The largest absolute Gasteiger partial charge is 0.461 e. The molecule has 158 valence electrons. The van der Waals surface area contributed by atoms with Gasteiger partial charge in [0.05, 0.1) is 37.1 Å². The summed E-state index contributed by atoms with van der Waals surface area (Å²) < 4.78 is 12.5. The van der Waals surface area contributed by atoms with E-state index in [0.717, 1.165) is 11.1 Å². The van der Waals surface area contributed by atoms with Crippen LogP contribution in [0.25, 0.3) is 11.0 Å². The summed E-state index contributed by atoms with van der Waals surface area (Å²) in [6.07, 6.45) is 1.80. The van der Waals surface area contributed by atoms with Crippen LogP contribution in [0.2, 0.25) is 0 Å². The van der Waals surface area contributed by atoms with Crippen molar-refractivity contribution in [2.45, 2.75) is 39.5 Å². The molecule has 3 aromatic rings. The highest BCUT2D eigenvalue weighted by molar-refractivity contribution is 6.07. The molecule has 0 aliphatic rings. The lowest BCUT2D eigenvalue weighted by atomic mass is 10.1. The minimum absolute atomic E-state index is 0.308. The van der Waals surface area contributed by atoms with Crippen molar-refractivity contribution in [1.82, 2.24) is 15.1 Å². The molecular formula is C21H29N3O5. The maximum atomic E-state index is 12.1. The number of aliphatic hydroxyl groups excluding tert-OH is 2. The van der Waals surface area contributed by atoms with E-state index in [0.29, 0.717) is 29.6 Å². The van der Waals surface area contributed by atoms with Gasteiger partial charge in [0, 0.05) is 24.7 Å². The van der Waals surface area contributed by atoms with E-state index in [2.05, 4.69) is 24.3 Å². The molecular weight excluding hydrogens is 374 g/mol.